The molecule has 8 aromatic carbocycles. The van der Waals surface area contributed by atoms with Crippen LogP contribution >= 0.6 is 0 Å². The second-order valence-electron chi connectivity index (χ2n) is 14.0. The molecule has 0 spiro atoms. The Labute approximate surface area is 316 Å². The maximum absolute atomic E-state index is 10.6. The summed E-state index contributed by atoms with van der Waals surface area (Å²) < 4.78 is 6.92. The molecule has 0 saturated heterocycles. The Morgan fingerprint density at radius 1 is 0.382 bits per heavy atom. The summed E-state index contributed by atoms with van der Waals surface area (Å²) in [7, 11) is 0. The summed E-state index contributed by atoms with van der Waals surface area (Å²) in [5.41, 5.74) is 12.4. The Bertz CT molecular complexity index is 3420. The first kappa shape index (κ1) is 30.7. The van der Waals surface area contributed by atoms with Crippen LogP contribution in [0.4, 0.5) is 0 Å². The lowest BCUT2D eigenvalue weighted by Gasteiger charge is -2.17. The zero-order chi connectivity index (χ0) is 36.6. The molecule has 0 fully saturated rings. The fraction of sp³-hybridized carbons (Fsp3) is 0. The van der Waals surface area contributed by atoms with Gasteiger partial charge in [-0.25, -0.2) is 0 Å². The molecule has 0 N–H and O–H groups in total. The molecule has 3 aromatic heterocycles. The van der Waals surface area contributed by atoms with Crippen LogP contribution in [0.3, 0.4) is 0 Å². The van der Waals surface area contributed by atoms with Gasteiger partial charge in [-0.3, -0.25) is 0 Å². The highest BCUT2D eigenvalue weighted by molar-refractivity contribution is 6.16. The maximum atomic E-state index is 10.6. The first-order valence-electron chi connectivity index (χ1n) is 18.3. The normalized spacial score (nSPS) is 11.6. The third-order valence-electron chi connectivity index (χ3n) is 11.1. The summed E-state index contributed by atoms with van der Waals surface area (Å²) in [6.45, 7) is 0. The molecule has 5 heteroatoms. The highest BCUT2D eigenvalue weighted by Gasteiger charge is 2.22. The summed E-state index contributed by atoms with van der Waals surface area (Å²) in [5.74, 6) is 0. The quantitative estimate of drug-likeness (QED) is 0.184. The molecule has 5 nitrogen and oxygen atoms in total. The lowest BCUT2D eigenvalue weighted by molar-refractivity contribution is 1.16. The molecular weight excluding hydrogens is 671 g/mol. The second kappa shape index (κ2) is 11.8. The van der Waals surface area contributed by atoms with Gasteiger partial charge in [-0.1, -0.05) is 109 Å². The van der Waals surface area contributed by atoms with Crippen molar-refractivity contribution < 1.29 is 0 Å². The van der Waals surface area contributed by atoms with E-state index in [-0.39, 0.29) is 0 Å². The largest absolute Gasteiger partial charge is 0.309 e. The molecule has 0 atom stereocenters. The van der Waals surface area contributed by atoms with E-state index in [0.29, 0.717) is 11.1 Å². The number of para-hydroxylation sites is 5. The van der Waals surface area contributed by atoms with E-state index in [0.717, 1.165) is 61.0 Å². The van der Waals surface area contributed by atoms with Gasteiger partial charge >= 0.3 is 0 Å². The van der Waals surface area contributed by atoms with Crippen molar-refractivity contribution in [2.75, 3.05) is 0 Å². The van der Waals surface area contributed by atoms with Gasteiger partial charge in [-0.2, -0.15) is 10.5 Å². The van der Waals surface area contributed by atoms with E-state index in [4.69, 9.17) is 0 Å². The standard InChI is InChI=1S/C50H29N5/c51-30-32-26-27-40-39-17-3-7-22-44(39)55(48(40)28-32)50-34(31-52)13-10-19-36(50)33-12-9-14-35(29-33)53-45-23-8-4-18-41(45)49-46(53)24-11-25-47(49)54-42-20-5-1-15-37(42)38-16-2-6-21-43(38)54/h1-29H. The van der Waals surface area contributed by atoms with Crippen molar-refractivity contribution in [1.82, 2.24) is 13.7 Å². The lowest BCUT2D eigenvalue weighted by atomic mass is 9.99. The van der Waals surface area contributed by atoms with Gasteiger partial charge in [0.05, 0.1) is 61.7 Å². The van der Waals surface area contributed by atoms with Crippen LogP contribution < -0.4 is 0 Å². The van der Waals surface area contributed by atoms with Crippen LogP contribution in [0.25, 0.3) is 93.6 Å². The fourth-order valence-electron chi connectivity index (χ4n) is 8.85. The summed E-state index contributed by atoms with van der Waals surface area (Å²) >= 11 is 0. The molecular formula is C50H29N5. The molecule has 0 bridgehead atoms. The number of aromatic nitrogens is 3. The Kier molecular flexibility index (Phi) is 6.61. The van der Waals surface area contributed by atoms with Gasteiger partial charge in [0.25, 0.3) is 0 Å². The van der Waals surface area contributed by atoms with Crippen LogP contribution in [0, 0.1) is 22.7 Å². The molecule has 0 aliphatic carbocycles. The smallest absolute Gasteiger partial charge is 0.101 e. The fourth-order valence-corrected chi connectivity index (χ4v) is 8.85. The number of nitriles is 2. The van der Waals surface area contributed by atoms with Crippen LogP contribution in [0.1, 0.15) is 11.1 Å². The van der Waals surface area contributed by atoms with E-state index in [1.807, 2.05) is 42.5 Å². The van der Waals surface area contributed by atoms with Gasteiger partial charge in [0.2, 0.25) is 0 Å². The molecule has 0 aliphatic heterocycles. The number of hydrogen-bond acceptors (Lipinski definition) is 2. The molecule has 3 heterocycles. The van der Waals surface area contributed by atoms with Gasteiger partial charge in [-0.15, -0.1) is 0 Å². The van der Waals surface area contributed by atoms with Crippen molar-refractivity contribution in [3.05, 3.63) is 187 Å². The topological polar surface area (TPSA) is 62.4 Å². The second-order valence-corrected chi connectivity index (χ2v) is 14.0. The minimum Gasteiger partial charge on any atom is -0.309 e. The Hall–Kier alpha value is -7.86. The van der Waals surface area contributed by atoms with Crippen LogP contribution in [0.15, 0.2) is 176 Å². The third kappa shape index (κ3) is 4.39. The average Bonchev–Trinajstić information content (AvgIpc) is 3.89. The SMILES string of the molecule is N#Cc1ccc2c3ccccc3n(-c3c(C#N)cccc3-c3cccc(-n4c5ccccc5c5c(-n6c7ccccc7c7ccccc76)cccc54)c3)c2c1. The predicted octanol–water partition coefficient (Wildman–Crippen LogP) is 12.4. The summed E-state index contributed by atoms with van der Waals surface area (Å²) in [6, 6.07) is 65.9. The van der Waals surface area contributed by atoms with E-state index >= 15 is 0 Å². The molecule has 0 unspecified atom stereocenters. The third-order valence-corrected chi connectivity index (χ3v) is 11.1. The maximum Gasteiger partial charge on any atom is 0.101 e. The lowest BCUT2D eigenvalue weighted by Crippen LogP contribution is -2.01. The van der Waals surface area contributed by atoms with E-state index in [1.54, 1.807) is 0 Å². The van der Waals surface area contributed by atoms with Crippen molar-refractivity contribution >= 4 is 65.4 Å². The zero-order valence-electron chi connectivity index (χ0n) is 29.5. The van der Waals surface area contributed by atoms with E-state index < -0.39 is 0 Å². The van der Waals surface area contributed by atoms with Gasteiger partial charge in [0.15, 0.2) is 0 Å². The van der Waals surface area contributed by atoms with E-state index in [9.17, 15) is 10.5 Å². The highest BCUT2D eigenvalue weighted by Crippen LogP contribution is 2.42. The summed E-state index contributed by atoms with van der Waals surface area (Å²) in [4.78, 5) is 0. The van der Waals surface area contributed by atoms with Crippen molar-refractivity contribution in [3.8, 4) is 40.3 Å². The van der Waals surface area contributed by atoms with Gasteiger partial charge in [0.1, 0.15) is 6.07 Å². The number of benzene rings is 8. The van der Waals surface area contributed by atoms with E-state index in [2.05, 4.69) is 159 Å². The number of hydrogen-bond donors (Lipinski definition) is 0. The van der Waals surface area contributed by atoms with Gasteiger partial charge in [-0.05, 0) is 72.3 Å². The molecule has 11 aromatic rings. The van der Waals surface area contributed by atoms with Gasteiger partial charge < -0.3 is 13.7 Å². The van der Waals surface area contributed by atoms with Crippen molar-refractivity contribution in [1.29, 1.82) is 10.5 Å². The highest BCUT2D eigenvalue weighted by atomic mass is 15.0. The Morgan fingerprint density at radius 3 is 1.62 bits per heavy atom. The molecule has 0 saturated carbocycles. The van der Waals surface area contributed by atoms with Crippen molar-refractivity contribution in [3.63, 3.8) is 0 Å². The van der Waals surface area contributed by atoms with Crippen molar-refractivity contribution in [2.24, 2.45) is 0 Å². The molecule has 0 radical (unpaired) electrons. The minimum atomic E-state index is 0.556. The average molecular weight is 700 g/mol. The Balaban J connectivity index is 1.18. The van der Waals surface area contributed by atoms with Gasteiger partial charge in [0, 0.05) is 43.6 Å². The molecule has 254 valence electrons. The first-order chi connectivity index (χ1) is 27.2. The van der Waals surface area contributed by atoms with Crippen LogP contribution in [-0.2, 0) is 0 Å². The number of rotatable bonds is 4. The summed E-state index contributed by atoms with van der Waals surface area (Å²) in [6.07, 6.45) is 0. The Morgan fingerprint density at radius 2 is 0.945 bits per heavy atom. The van der Waals surface area contributed by atoms with Crippen LogP contribution in [0.5, 0.6) is 0 Å². The van der Waals surface area contributed by atoms with Crippen LogP contribution in [-0.4, -0.2) is 13.7 Å². The molecule has 55 heavy (non-hydrogen) atoms. The van der Waals surface area contributed by atoms with E-state index in [1.165, 1.54) is 32.6 Å². The molecule has 0 amide bonds. The zero-order valence-corrected chi connectivity index (χ0v) is 29.5. The van der Waals surface area contributed by atoms with Crippen molar-refractivity contribution in [2.45, 2.75) is 0 Å². The van der Waals surface area contributed by atoms with Crippen LogP contribution in [0.2, 0.25) is 0 Å². The minimum absolute atomic E-state index is 0.556. The number of fused-ring (bicyclic) bond motifs is 9. The predicted molar refractivity (Wildman–Crippen MR) is 224 cm³/mol. The monoisotopic (exact) mass is 699 g/mol. The molecule has 11 rings (SSSR count). The summed E-state index contributed by atoms with van der Waals surface area (Å²) in [5, 5.41) is 27.4. The first-order valence-corrected chi connectivity index (χ1v) is 18.3. The number of nitrogens with zero attached hydrogens (tertiary/aromatic N) is 5. The molecule has 0 aliphatic rings.